The van der Waals surface area contributed by atoms with E-state index in [1.165, 1.54) is 25.6 Å². The van der Waals surface area contributed by atoms with Gasteiger partial charge < -0.3 is 24.3 Å². The minimum atomic E-state index is -0.587. The van der Waals surface area contributed by atoms with E-state index in [4.69, 9.17) is 18.9 Å². The van der Waals surface area contributed by atoms with Crippen LogP contribution in [0.5, 0.6) is 11.5 Å². The maximum Gasteiger partial charge on any atom is 0.341 e. The van der Waals surface area contributed by atoms with Crippen molar-refractivity contribution in [1.82, 2.24) is 0 Å². The number of aryl methyl sites for hydroxylation is 2. The highest BCUT2D eigenvalue weighted by atomic mass is 79.9. The lowest BCUT2D eigenvalue weighted by atomic mass is 9.99. The lowest BCUT2D eigenvalue weighted by Crippen LogP contribution is -2.18. The number of carbonyl (C=O) groups excluding carboxylic acids is 3. The summed E-state index contributed by atoms with van der Waals surface area (Å²) >= 11 is 4.80. The van der Waals surface area contributed by atoms with Crippen LogP contribution < -0.4 is 14.8 Å². The molecule has 1 aromatic heterocycles. The van der Waals surface area contributed by atoms with Crippen LogP contribution in [0.2, 0.25) is 0 Å². The molecule has 1 aliphatic rings. The minimum absolute atomic E-state index is 0.178. The normalized spacial score (nSPS) is 14.5. The van der Waals surface area contributed by atoms with Gasteiger partial charge in [0.2, 0.25) is 5.91 Å². The fourth-order valence-electron chi connectivity index (χ4n) is 3.76. The van der Waals surface area contributed by atoms with Crippen LogP contribution >= 0.6 is 27.3 Å². The Kier molecular flexibility index (Phi) is 7.78. The molecule has 1 atom stereocenters. The van der Waals surface area contributed by atoms with Crippen molar-refractivity contribution in [3.63, 3.8) is 0 Å². The number of nitrogens with one attached hydrogen (secondary N) is 1. The average molecular weight is 526 g/mol. The molecule has 1 aromatic carbocycles. The van der Waals surface area contributed by atoms with Gasteiger partial charge in [0.05, 0.1) is 39.9 Å². The van der Waals surface area contributed by atoms with Crippen molar-refractivity contribution >= 4 is 50.1 Å². The Labute approximate surface area is 198 Å². The van der Waals surface area contributed by atoms with Crippen molar-refractivity contribution in [2.24, 2.45) is 0 Å². The standard InChI is InChI=1S/C22H24BrNO7S/c1-28-14-9-11(13(23)10-15(14)29-2)5-8-17(25)24-20-19(22(27)31-4)18-12(21(26)30-3)6-7-16(18)32-20/h9-10,12H,5-8H2,1-4H3,(H,24,25). The van der Waals surface area contributed by atoms with Crippen LogP contribution in [0.3, 0.4) is 0 Å². The molecule has 2 aromatic rings. The Hall–Kier alpha value is -2.59. The molecule has 172 valence electrons. The third kappa shape index (κ3) is 4.75. The number of esters is 2. The van der Waals surface area contributed by atoms with Gasteiger partial charge in [-0.05, 0) is 42.5 Å². The van der Waals surface area contributed by atoms with Crippen LogP contribution in [0, 0.1) is 0 Å². The molecule has 1 N–H and O–H groups in total. The van der Waals surface area contributed by atoms with E-state index in [2.05, 4.69) is 21.2 Å². The Morgan fingerprint density at radius 1 is 1.09 bits per heavy atom. The summed E-state index contributed by atoms with van der Waals surface area (Å²) in [6.07, 6.45) is 1.82. The fourth-order valence-corrected chi connectivity index (χ4v) is 5.56. The maximum absolute atomic E-state index is 12.7. The molecule has 0 saturated heterocycles. The van der Waals surface area contributed by atoms with E-state index in [-0.39, 0.29) is 17.9 Å². The lowest BCUT2D eigenvalue weighted by molar-refractivity contribution is -0.142. The number of thiophene rings is 1. The van der Waals surface area contributed by atoms with Crippen LogP contribution in [0.4, 0.5) is 5.00 Å². The average Bonchev–Trinajstić information content (AvgIpc) is 3.35. The van der Waals surface area contributed by atoms with E-state index in [0.29, 0.717) is 41.3 Å². The second kappa shape index (κ2) is 10.4. The van der Waals surface area contributed by atoms with Crippen LogP contribution in [0.15, 0.2) is 16.6 Å². The van der Waals surface area contributed by atoms with Gasteiger partial charge in [-0.1, -0.05) is 15.9 Å². The zero-order valence-corrected chi connectivity index (χ0v) is 20.6. The van der Waals surface area contributed by atoms with E-state index in [1.54, 1.807) is 20.3 Å². The first-order chi connectivity index (χ1) is 15.3. The van der Waals surface area contributed by atoms with E-state index in [9.17, 15) is 14.4 Å². The molecular weight excluding hydrogens is 502 g/mol. The molecule has 32 heavy (non-hydrogen) atoms. The van der Waals surface area contributed by atoms with Crippen molar-refractivity contribution in [2.45, 2.75) is 31.6 Å². The maximum atomic E-state index is 12.7. The predicted molar refractivity (Wildman–Crippen MR) is 123 cm³/mol. The van der Waals surface area contributed by atoms with Gasteiger partial charge in [0.25, 0.3) is 0 Å². The number of anilines is 1. The number of ether oxygens (including phenoxy) is 4. The van der Waals surface area contributed by atoms with Crippen LogP contribution in [-0.4, -0.2) is 46.3 Å². The monoisotopic (exact) mass is 525 g/mol. The summed E-state index contributed by atoms with van der Waals surface area (Å²) in [5.41, 5.74) is 1.72. The molecule has 1 aliphatic carbocycles. The third-order valence-electron chi connectivity index (χ3n) is 5.33. The number of carbonyl (C=O) groups is 3. The van der Waals surface area contributed by atoms with Gasteiger partial charge in [-0.2, -0.15) is 0 Å². The lowest BCUT2D eigenvalue weighted by Gasteiger charge is -2.13. The first-order valence-electron chi connectivity index (χ1n) is 9.86. The van der Waals surface area contributed by atoms with Gasteiger partial charge in [-0.25, -0.2) is 4.79 Å². The van der Waals surface area contributed by atoms with Gasteiger partial charge in [-0.3, -0.25) is 9.59 Å². The summed E-state index contributed by atoms with van der Waals surface area (Å²) in [6, 6.07) is 3.61. The first kappa shape index (κ1) is 24.1. The summed E-state index contributed by atoms with van der Waals surface area (Å²) in [5.74, 6) is -0.620. The summed E-state index contributed by atoms with van der Waals surface area (Å²) in [6.45, 7) is 0. The summed E-state index contributed by atoms with van der Waals surface area (Å²) in [7, 11) is 5.70. The topological polar surface area (TPSA) is 100 Å². The molecule has 0 fully saturated rings. The molecule has 1 unspecified atom stereocenters. The largest absolute Gasteiger partial charge is 0.493 e. The van der Waals surface area contributed by atoms with Crippen molar-refractivity contribution in [3.8, 4) is 11.5 Å². The zero-order chi connectivity index (χ0) is 23.4. The van der Waals surface area contributed by atoms with E-state index >= 15 is 0 Å². The molecule has 0 spiro atoms. The molecule has 3 rings (SSSR count). The molecule has 0 saturated carbocycles. The van der Waals surface area contributed by atoms with Crippen molar-refractivity contribution in [2.75, 3.05) is 33.8 Å². The van der Waals surface area contributed by atoms with E-state index in [1.807, 2.05) is 6.07 Å². The number of fused-ring (bicyclic) bond motifs is 1. The van der Waals surface area contributed by atoms with Crippen LogP contribution in [-0.2, 0) is 31.9 Å². The fraction of sp³-hybridized carbons (Fsp3) is 0.409. The molecule has 1 heterocycles. The second-order valence-electron chi connectivity index (χ2n) is 7.10. The highest BCUT2D eigenvalue weighted by Gasteiger charge is 2.38. The van der Waals surface area contributed by atoms with Gasteiger partial charge in [-0.15, -0.1) is 11.3 Å². The Bertz CT molecular complexity index is 1050. The highest BCUT2D eigenvalue weighted by molar-refractivity contribution is 9.10. The number of benzene rings is 1. The summed E-state index contributed by atoms with van der Waals surface area (Å²) in [5, 5.41) is 3.22. The molecule has 0 radical (unpaired) electrons. The molecule has 0 bridgehead atoms. The second-order valence-corrected chi connectivity index (χ2v) is 9.06. The van der Waals surface area contributed by atoms with Crippen molar-refractivity contribution < 1.29 is 33.3 Å². The van der Waals surface area contributed by atoms with E-state index in [0.717, 1.165) is 14.9 Å². The first-order valence-corrected chi connectivity index (χ1v) is 11.5. The third-order valence-corrected chi connectivity index (χ3v) is 7.25. The predicted octanol–water partition coefficient (Wildman–Crippen LogP) is 4.09. The van der Waals surface area contributed by atoms with Crippen LogP contribution in [0.1, 0.15) is 45.1 Å². The quantitative estimate of drug-likeness (QED) is 0.518. The molecular formula is C22H24BrNO7S. The molecule has 1 amide bonds. The van der Waals surface area contributed by atoms with Crippen molar-refractivity contribution in [3.05, 3.63) is 38.2 Å². The number of methoxy groups -OCH3 is 4. The number of hydrogen-bond donors (Lipinski definition) is 1. The number of hydrogen-bond acceptors (Lipinski definition) is 8. The van der Waals surface area contributed by atoms with Gasteiger partial charge in [0, 0.05) is 15.8 Å². The number of rotatable bonds is 8. The highest BCUT2D eigenvalue weighted by Crippen LogP contribution is 2.46. The van der Waals surface area contributed by atoms with Crippen LogP contribution in [0.25, 0.3) is 0 Å². The SMILES string of the molecule is COC(=O)c1c(NC(=O)CCc2cc(OC)c(OC)cc2Br)sc2c1C(C(=O)OC)CC2. The number of amides is 1. The van der Waals surface area contributed by atoms with Gasteiger partial charge >= 0.3 is 11.9 Å². The number of halogens is 1. The molecule has 0 aliphatic heterocycles. The molecule has 8 nitrogen and oxygen atoms in total. The molecule has 10 heteroatoms. The van der Waals surface area contributed by atoms with Crippen molar-refractivity contribution in [1.29, 1.82) is 0 Å². The summed E-state index contributed by atoms with van der Waals surface area (Å²) < 4.78 is 21.2. The van der Waals surface area contributed by atoms with Gasteiger partial charge in [0.15, 0.2) is 11.5 Å². The minimum Gasteiger partial charge on any atom is -0.493 e. The summed E-state index contributed by atoms with van der Waals surface area (Å²) in [4.78, 5) is 38.3. The Morgan fingerprint density at radius 2 is 1.78 bits per heavy atom. The zero-order valence-electron chi connectivity index (χ0n) is 18.2. The Morgan fingerprint density at radius 3 is 2.41 bits per heavy atom. The smallest absolute Gasteiger partial charge is 0.341 e. The van der Waals surface area contributed by atoms with Gasteiger partial charge in [0.1, 0.15) is 5.00 Å². The van der Waals surface area contributed by atoms with E-state index < -0.39 is 17.9 Å². The Balaban J connectivity index is 1.79.